The lowest BCUT2D eigenvalue weighted by atomic mass is 9.73. The standard InChI is InChI=1S/C32H35F2N11OS/c1-17(2)45-19(4)40-28-21(33)11-20(12-23(28)45)27-22(34)13-39-31(42-27)43-30-36-8-5-25(41-30)47-26-15-37-24(14-38-26)44-9-6-32(7-10-44)16-46-18(3)29(32)35/h5,8,11-15,17-18,29H,6-7,9-10,16,35H2,1-4H3,(H,36,39,41,42,43)/t18-,29+/m0/s1. The predicted molar refractivity (Wildman–Crippen MR) is 175 cm³/mol. The second-order valence-electron chi connectivity index (χ2n) is 12.4. The number of ether oxygens (including phenoxy) is 1. The van der Waals surface area contributed by atoms with Crippen LogP contribution in [-0.4, -0.2) is 71.3 Å². The predicted octanol–water partition coefficient (Wildman–Crippen LogP) is 5.47. The average Bonchev–Trinajstić information content (AvgIpc) is 3.54. The number of rotatable bonds is 7. The minimum absolute atomic E-state index is 0.0344. The Morgan fingerprint density at radius 3 is 2.47 bits per heavy atom. The first-order valence-electron chi connectivity index (χ1n) is 15.5. The van der Waals surface area contributed by atoms with E-state index in [1.807, 2.05) is 32.3 Å². The zero-order valence-electron chi connectivity index (χ0n) is 26.5. The molecule has 4 aromatic heterocycles. The number of nitrogens with one attached hydrogen (secondary N) is 1. The molecule has 1 aromatic carbocycles. The summed E-state index contributed by atoms with van der Waals surface area (Å²) in [7, 11) is 0. The maximum absolute atomic E-state index is 15.1. The maximum atomic E-state index is 15.1. The molecule has 5 aromatic rings. The molecule has 3 N–H and O–H groups in total. The van der Waals surface area contributed by atoms with Crippen LogP contribution in [0.4, 0.5) is 26.5 Å². The largest absolute Gasteiger partial charge is 0.376 e. The Bertz CT molecular complexity index is 1930. The summed E-state index contributed by atoms with van der Waals surface area (Å²) in [4.78, 5) is 33.1. The summed E-state index contributed by atoms with van der Waals surface area (Å²) < 4.78 is 37.8. The van der Waals surface area contributed by atoms with Crippen molar-refractivity contribution in [3.05, 3.63) is 60.4 Å². The molecule has 7 rings (SSSR count). The Morgan fingerprint density at radius 1 is 0.979 bits per heavy atom. The van der Waals surface area contributed by atoms with Gasteiger partial charge in [-0.2, -0.15) is 0 Å². The summed E-state index contributed by atoms with van der Waals surface area (Å²) in [5, 5.41) is 4.21. The summed E-state index contributed by atoms with van der Waals surface area (Å²) >= 11 is 1.33. The number of aromatic nitrogens is 8. The molecule has 244 valence electrons. The number of piperidine rings is 1. The van der Waals surface area contributed by atoms with E-state index in [-0.39, 0.29) is 52.3 Å². The number of aryl methyl sites for hydroxylation is 1. The Balaban J connectivity index is 1.04. The van der Waals surface area contributed by atoms with Crippen LogP contribution in [0.25, 0.3) is 22.3 Å². The molecule has 0 bridgehead atoms. The van der Waals surface area contributed by atoms with Crippen molar-refractivity contribution in [1.29, 1.82) is 0 Å². The first-order chi connectivity index (χ1) is 22.6. The van der Waals surface area contributed by atoms with Crippen molar-refractivity contribution in [3.63, 3.8) is 0 Å². The number of fused-ring (bicyclic) bond motifs is 1. The van der Waals surface area contributed by atoms with Crippen LogP contribution in [0.2, 0.25) is 0 Å². The van der Waals surface area contributed by atoms with Gasteiger partial charge in [-0.3, -0.25) is 5.32 Å². The summed E-state index contributed by atoms with van der Waals surface area (Å²) in [5.41, 5.74) is 7.51. The van der Waals surface area contributed by atoms with Gasteiger partial charge in [-0.15, -0.1) is 0 Å². The van der Waals surface area contributed by atoms with Crippen LogP contribution in [0.15, 0.2) is 53.0 Å². The molecule has 15 heteroatoms. The van der Waals surface area contributed by atoms with Crippen LogP contribution in [0.5, 0.6) is 0 Å². The minimum atomic E-state index is -0.691. The molecule has 2 aliphatic heterocycles. The van der Waals surface area contributed by atoms with Crippen molar-refractivity contribution >= 4 is 40.5 Å². The zero-order chi connectivity index (χ0) is 32.9. The second kappa shape index (κ2) is 12.4. The van der Waals surface area contributed by atoms with Gasteiger partial charge >= 0.3 is 0 Å². The lowest BCUT2D eigenvalue weighted by Gasteiger charge is -2.41. The zero-order valence-corrected chi connectivity index (χ0v) is 27.3. The minimum Gasteiger partial charge on any atom is -0.376 e. The SMILES string of the molecule is Cc1nc2c(F)cc(-c3nc(Nc4nccc(Sc5cnc(N6CCC7(CC6)CO[C@@H](C)[C@H]7N)cn5)n4)ncc3F)cc2n1C(C)C. The van der Waals surface area contributed by atoms with E-state index < -0.39 is 11.6 Å². The van der Waals surface area contributed by atoms with Gasteiger partial charge in [0.05, 0.1) is 36.8 Å². The van der Waals surface area contributed by atoms with Crippen molar-refractivity contribution in [2.45, 2.75) is 68.8 Å². The lowest BCUT2D eigenvalue weighted by molar-refractivity contribution is 0.0974. The van der Waals surface area contributed by atoms with Gasteiger partial charge < -0.3 is 19.9 Å². The molecule has 6 heterocycles. The Kier molecular flexibility index (Phi) is 8.22. The average molecular weight is 660 g/mol. The first kappa shape index (κ1) is 31.3. The van der Waals surface area contributed by atoms with E-state index >= 15 is 4.39 Å². The van der Waals surface area contributed by atoms with E-state index in [1.165, 1.54) is 17.8 Å². The van der Waals surface area contributed by atoms with Gasteiger partial charge in [0.1, 0.15) is 32.9 Å². The van der Waals surface area contributed by atoms with Crippen LogP contribution in [0, 0.1) is 24.0 Å². The van der Waals surface area contributed by atoms with Crippen molar-refractivity contribution in [3.8, 4) is 11.3 Å². The third-order valence-corrected chi connectivity index (χ3v) is 9.92. The molecule has 2 saturated heterocycles. The quantitative estimate of drug-likeness (QED) is 0.214. The van der Waals surface area contributed by atoms with Gasteiger partial charge in [0, 0.05) is 42.3 Å². The Hall–Kier alpha value is -4.34. The van der Waals surface area contributed by atoms with Gasteiger partial charge in [-0.25, -0.2) is 43.7 Å². The highest BCUT2D eigenvalue weighted by molar-refractivity contribution is 7.99. The van der Waals surface area contributed by atoms with Crippen molar-refractivity contribution in [1.82, 2.24) is 39.5 Å². The van der Waals surface area contributed by atoms with Crippen LogP contribution in [0.3, 0.4) is 0 Å². The highest BCUT2D eigenvalue weighted by Gasteiger charge is 2.47. The molecule has 0 radical (unpaired) electrons. The summed E-state index contributed by atoms with van der Waals surface area (Å²) in [6, 6.07) is 4.76. The number of nitrogens with zero attached hydrogens (tertiary/aromatic N) is 9. The number of nitrogens with two attached hydrogens (primary N) is 1. The van der Waals surface area contributed by atoms with Gasteiger partial charge in [0.25, 0.3) is 0 Å². The first-order valence-corrected chi connectivity index (χ1v) is 16.3. The number of imidazole rings is 1. The number of hydrogen-bond donors (Lipinski definition) is 2. The van der Waals surface area contributed by atoms with E-state index in [1.54, 1.807) is 30.7 Å². The maximum Gasteiger partial charge on any atom is 0.230 e. The highest BCUT2D eigenvalue weighted by Crippen LogP contribution is 2.42. The van der Waals surface area contributed by atoms with Crippen LogP contribution < -0.4 is 16.0 Å². The Morgan fingerprint density at radius 2 is 1.77 bits per heavy atom. The number of halogens is 2. The molecule has 12 nitrogen and oxygen atoms in total. The van der Waals surface area contributed by atoms with E-state index in [2.05, 4.69) is 45.1 Å². The normalized spacial score (nSPS) is 19.3. The Labute approximate surface area is 274 Å². The molecular weight excluding hydrogens is 624 g/mol. The summed E-state index contributed by atoms with van der Waals surface area (Å²) in [6.07, 6.45) is 8.14. The third kappa shape index (κ3) is 5.98. The summed E-state index contributed by atoms with van der Waals surface area (Å²) in [5.74, 6) is 0.511. The topological polar surface area (TPSA) is 146 Å². The third-order valence-electron chi connectivity index (χ3n) is 9.07. The summed E-state index contributed by atoms with van der Waals surface area (Å²) in [6.45, 7) is 10.2. The fraction of sp³-hybridized carbons (Fsp3) is 0.406. The fourth-order valence-corrected chi connectivity index (χ4v) is 7.22. The van der Waals surface area contributed by atoms with Crippen LogP contribution in [-0.2, 0) is 4.74 Å². The van der Waals surface area contributed by atoms with Gasteiger partial charge in [-0.1, -0.05) is 0 Å². The molecule has 2 fully saturated rings. The van der Waals surface area contributed by atoms with Crippen molar-refractivity contribution < 1.29 is 13.5 Å². The molecule has 1 spiro atoms. The van der Waals surface area contributed by atoms with Crippen LogP contribution in [0.1, 0.15) is 45.5 Å². The van der Waals surface area contributed by atoms with E-state index in [0.29, 0.717) is 21.4 Å². The van der Waals surface area contributed by atoms with E-state index in [0.717, 1.165) is 44.6 Å². The molecule has 47 heavy (non-hydrogen) atoms. The van der Waals surface area contributed by atoms with E-state index in [4.69, 9.17) is 10.5 Å². The molecule has 2 aliphatic rings. The molecule has 0 unspecified atom stereocenters. The number of hydrogen-bond acceptors (Lipinski definition) is 12. The van der Waals surface area contributed by atoms with Crippen LogP contribution >= 0.6 is 11.8 Å². The second-order valence-corrected chi connectivity index (χ2v) is 13.4. The number of anilines is 3. The lowest BCUT2D eigenvalue weighted by Crippen LogP contribution is -2.50. The smallest absolute Gasteiger partial charge is 0.230 e. The van der Waals surface area contributed by atoms with E-state index in [9.17, 15) is 4.39 Å². The van der Waals surface area contributed by atoms with Crippen molar-refractivity contribution in [2.75, 3.05) is 29.9 Å². The van der Waals surface area contributed by atoms with Gasteiger partial charge in [0.2, 0.25) is 11.9 Å². The highest BCUT2D eigenvalue weighted by atomic mass is 32.2. The fourth-order valence-electron chi connectivity index (χ4n) is 6.53. The van der Waals surface area contributed by atoms with Gasteiger partial charge in [0.15, 0.2) is 11.6 Å². The number of benzene rings is 1. The van der Waals surface area contributed by atoms with Gasteiger partial charge in [-0.05, 0) is 70.5 Å². The molecular formula is C32H35F2N11OS. The monoisotopic (exact) mass is 659 g/mol. The van der Waals surface area contributed by atoms with Crippen molar-refractivity contribution in [2.24, 2.45) is 11.1 Å². The molecule has 0 saturated carbocycles. The molecule has 0 aliphatic carbocycles. The molecule has 0 amide bonds. The molecule has 2 atom stereocenters.